The van der Waals surface area contributed by atoms with E-state index in [9.17, 15) is 4.39 Å². The van der Waals surface area contributed by atoms with Gasteiger partial charge in [-0.1, -0.05) is 0 Å². The molecule has 2 saturated heterocycles. The van der Waals surface area contributed by atoms with Crippen LogP contribution in [0.2, 0.25) is 0 Å². The summed E-state index contributed by atoms with van der Waals surface area (Å²) in [6.45, 7) is 9.36. The van der Waals surface area contributed by atoms with E-state index < -0.39 is 6.17 Å². The molecule has 2 fully saturated rings. The number of hydrogen-bond acceptors (Lipinski definition) is 3. The fourth-order valence-electron chi connectivity index (χ4n) is 2.11. The monoisotopic (exact) mass is 229 g/mol. The molecular formula is C11H21BFNO2. The average molecular weight is 229 g/mol. The molecular weight excluding hydrogens is 208 g/mol. The third-order valence-corrected chi connectivity index (χ3v) is 3.93. The Balaban J connectivity index is 2.02. The molecule has 3 nitrogen and oxygen atoms in total. The van der Waals surface area contributed by atoms with E-state index in [0.717, 1.165) is 13.0 Å². The normalized spacial score (nSPS) is 34.3. The minimum absolute atomic E-state index is 0.332. The maximum absolute atomic E-state index is 13.3. The Labute approximate surface area is 97.4 Å². The minimum atomic E-state index is -0.743. The first kappa shape index (κ1) is 12.3. The van der Waals surface area contributed by atoms with Gasteiger partial charge in [-0.3, -0.25) is 4.81 Å². The van der Waals surface area contributed by atoms with E-state index in [2.05, 4.69) is 0 Å². The molecule has 0 aliphatic carbocycles. The maximum Gasteiger partial charge on any atom is 0.558 e. The largest absolute Gasteiger partial charge is 0.558 e. The average Bonchev–Trinajstić information content (AvgIpc) is 2.36. The van der Waals surface area contributed by atoms with E-state index in [0.29, 0.717) is 13.0 Å². The van der Waals surface area contributed by atoms with Gasteiger partial charge in [-0.2, -0.15) is 0 Å². The van der Waals surface area contributed by atoms with Crippen molar-refractivity contribution in [1.29, 1.82) is 0 Å². The Morgan fingerprint density at radius 3 is 2.25 bits per heavy atom. The van der Waals surface area contributed by atoms with Gasteiger partial charge in [-0.25, -0.2) is 4.39 Å². The fraction of sp³-hybridized carbons (Fsp3) is 1.00. The highest BCUT2D eigenvalue weighted by molar-refractivity contribution is 6.42. The highest BCUT2D eigenvalue weighted by atomic mass is 19.1. The molecule has 0 aromatic carbocycles. The number of alkyl halides is 1. The molecule has 2 heterocycles. The van der Waals surface area contributed by atoms with E-state index >= 15 is 0 Å². The van der Waals surface area contributed by atoms with Gasteiger partial charge in [-0.05, 0) is 47.1 Å². The molecule has 5 heteroatoms. The van der Waals surface area contributed by atoms with Crippen LogP contribution < -0.4 is 0 Å². The summed E-state index contributed by atoms with van der Waals surface area (Å²) in [5.41, 5.74) is -0.665. The summed E-state index contributed by atoms with van der Waals surface area (Å²) in [5.74, 6) is 0. The van der Waals surface area contributed by atoms with E-state index in [1.165, 1.54) is 0 Å². The summed E-state index contributed by atoms with van der Waals surface area (Å²) in [5, 5.41) is 0. The molecule has 0 spiro atoms. The standard InChI is InChI=1S/C11H21BFNO2/c1-10(2)11(3,4)16-12(15-10)14-7-5-6-9(13)8-14/h9H,5-8H2,1-4H3. The summed E-state index contributed by atoms with van der Waals surface area (Å²) in [7, 11) is -0.386. The topological polar surface area (TPSA) is 21.7 Å². The first-order valence-electron chi connectivity index (χ1n) is 6.06. The number of halogens is 1. The molecule has 0 bridgehead atoms. The molecule has 2 aliphatic rings. The van der Waals surface area contributed by atoms with Gasteiger partial charge in [0.05, 0.1) is 11.2 Å². The Morgan fingerprint density at radius 2 is 1.75 bits per heavy atom. The third-order valence-electron chi connectivity index (χ3n) is 3.93. The van der Waals surface area contributed by atoms with Crippen LogP contribution in [0, 0.1) is 0 Å². The van der Waals surface area contributed by atoms with E-state index in [4.69, 9.17) is 9.31 Å². The second kappa shape index (κ2) is 3.96. The third kappa shape index (κ3) is 2.13. The van der Waals surface area contributed by atoms with Gasteiger partial charge in [0.1, 0.15) is 6.17 Å². The summed E-state index contributed by atoms with van der Waals surface area (Å²) < 4.78 is 25.1. The second-order valence-electron chi connectivity index (χ2n) is 5.80. The predicted octanol–water partition coefficient (Wildman–Crippen LogP) is 2.01. The van der Waals surface area contributed by atoms with Crippen LogP contribution in [-0.4, -0.2) is 42.5 Å². The van der Waals surface area contributed by atoms with Gasteiger partial charge < -0.3 is 9.31 Å². The van der Waals surface area contributed by atoms with Crippen LogP contribution in [0.4, 0.5) is 4.39 Å². The van der Waals surface area contributed by atoms with Crippen LogP contribution in [0.15, 0.2) is 0 Å². The van der Waals surface area contributed by atoms with Crippen molar-refractivity contribution in [1.82, 2.24) is 4.81 Å². The summed E-state index contributed by atoms with van der Waals surface area (Å²) in [6, 6.07) is 0. The second-order valence-corrected chi connectivity index (χ2v) is 5.80. The zero-order valence-corrected chi connectivity index (χ0v) is 10.6. The quantitative estimate of drug-likeness (QED) is 0.642. The van der Waals surface area contributed by atoms with Gasteiger partial charge in [0.25, 0.3) is 0 Å². The van der Waals surface area contributed by atoms with Crippen molar-refractivity contribution in [3.8, 4) is 0 Å². The van der Waals surface area contributed by atoms with Crippen molar-refractivity contribution in [3.63, 3.8) is 0 Å². The molecule has 0 saturated carbocycles. The fourth-order valence-corrected chi connectivity index (χ4v) is 2.11. The maximum atomic E-state index is 13.3. The molecule has 92 valence electrons. The predicted molar refractivity (Wildman–Crippen MR) is 61.8 cm³/mol. The van der Waals surface area contributed by atoms with Crippen LogP contribution >= 0.6 is 0 Å². The van der Waals surface area contributed by atoms with Crippen LogP contribution in [0.3, 0.4) is 0 Å². The Bertz CT molecular complexity index is 257. The van der Waals surface area contributed by atoms with Crippen molar-refractivity contribution >= 4 is 7.25 Å². The van der Waals surface area contributed by atoms with Crippen LogP contribution in [0.5, 0.6) is 0 Å². The number of hydrogen-bond donors (Lipinski definition) is 0. The van der Waals surface area contributed by atoms with Crippen LogP contribution in [-0.2, 0) is 9.31 Å². The SMILES string of the molecule is CC1(C)OB(N2CCCC(F)C2)OC1(C)C. The van der Waals surface area contributed by atoms with Crippen molar-refractivity contribution < 1.29 is 13.7 Å². The first-order valence-corrected chi connectivity index (χ1v) is 6.06. The molecule has 1 unspecified atom stereocenters. The van der Waals surface area contributed by atoms with Crippen molar-refractivity contribution in [3.05, 3.63) is 0 Å². The van der Waals surface area contributed by atoms with E-state index in [1.54, 1.807) is 0 Å². The molecule has 0 aromatic rings. The summed E-state index contributed by atoms with van der Waals surface area (Å²) >= 11 is 0. The van der Waals surface area contributed by atoms with Gasteiger partial charge in [0.2, 0.25) is 0 Å². The van der Waals surface area contributed by atoms with E-state index in [1.807, 2.05) is 32.5 Å². The molecule has 0 aromatic heterocycles. The summed E-state index contributed by atoms with van der Waals surface area (Å²) in [6.07, 6.45) is 0.800. The molecule has 0 N–H and O–H groups in total. The lowest BCUT2D eigenvalue weighted by Crippen LogP contribution is -2.48. The first-order chi connectivity index (χ1) is 7.32. The molecule has 0 radical (unpaired) electrons. The lowest BCUT2D eigenvalue weighted by molar-refractivity contribution is 0.00578. The number of rotatable bonds is 1. The zero-order chi connectivity index (χ0) is 12.0. The zero-order valence-electron chi connectivity index (χ0n) is 10.6. The van der Waals surface area contributed by atoms with Crippen molar-refractivity contribution in [2.24, 2.45) is 0 Å². The smallest absolute Gasteiger partial charge is 0.389 e. The van der Waals surface area contributed by atoms with Crippen molar-refractivity contribution in [2.45, 2.75) is 57.9 Å². The van der Waals surface area contributed by atoms with Crippen LogP contribution in [0.25, 0.3) is 0 Å². The van der Waals surface area contributed by atoms with Crippen LogP contribution in [0.1, 0.15) is 40.5 Å². The number of piperidine rings is 1. The molecule has 2 aliphatic heterocycles. The lowest BCUT2D eigenvalue weighted by Gasteiger charge is -2.32. The van der Waals surface area contributed by atoms with Gasteiger partial charge in [0, 0.05) is 6.54 Å². The van der Waals surface area contributed by atoms with E-state index in [-0.39, 0.29) is 18.5 Å². The highest BCUT2D eigenvalue weighted by Crippen LogP contribution is 2.38. The Hall–Kier alpha value is -0.125. The summed E-state index contributed by atoms with van der Waals surface area (Å²) in [4.78, 5) is 1.96. The highest BCUT2D eigenvalue weighted by Gasteiger charge is 2.54. The van der Waals surface area contributed by atoms with Crippen molar-refractivity contribution in [2.75, 3.05) is 13.1 Å². The van der Waals surface area contributed by atoms with Gasteiger partial charge >= 0.3 is 7.25 Å². The molecule has 2 rings (SSSR count). The van der Waals surface area contributed by atoms with Gasteiger partial charge in [-0.15, -0.1) is 0 Å². The Kier molecular flexibility index (Phi) is 3.06. The lowest BCUT2D eigenvalue weighted by atomic mass is 9.90. The Morgan fingerprint density at radius 1 is 1.19 bits per heavy atom. The molecule has 0 amide bonds. The number of nitrogens with zero attached hydrogens (tertiary/aromatic N) is 1. The molecule has 16 heavy (non-hydrogen) atoms. The molecule has 1 atom stereocenters. The minimum Gasteiger partial charge on any atom is -0.389 e. The van der Waals surface area contributed by atoms with Gasteiger partial charge in [0.15, 0.2) is 0 Å².